The van der Waals surface area contributed by atoms with Crippen LogP contribution in [-0.2, 0) is 0 Å². The highest BCUT2D eigenvalue weighted by molar-refractivity contribution is 7.11. The summed E-state index contributed by atoms with van der Waals surface area (Å²) in [5, 5.41) is 4.22. The van der Waals surface area contributed by atoms with Gasteiger partial charge in [-0.3, -0.25) is 0 Å². The van der Waals surface area contributed by atoms with Gasteiger partial charge in [-0.25, -0.2) is 4.39 Å². The zero-order chi connectivity index (χ0) is 7.84. The van der Waals surface area contributed by atoms with Gasteiger partial charge >= 0.3 is 0 Å². The van der Waals surface area contributed by atoms with E-state index in [9.17, 15) is 4.39 Å². The van der Waals surface area contributed by atoms with Gasteiger partial charge in [-0.2, -0.15) is 0 Å². The molecule has 2 rings (SSSR count). The van der Waals surface area contributed by atoms with Gasteiger partial charge < -0.3 is 0 Å². The second kappa shape index (κ2) is 2.31. The quantitative estimate of drug-likeness (QED) is 0.563. The first-order chi connectivity index (χ1) is 5.27. The highest BCUT2D eigenvalue weighted by atomic mass is 32.1. The second-order valence-corrected chi connectivity index (χ2v) is 3.61. The Hall–Kier alpha value is -0.890. The number of thiophene rings is 1. The number of rotatable bonds is 0. The highest BCUT2D eigenvalue weighted by Crippen LogP contribution is 2.24. The lowest BCUT2D eigenvalue weighted by Gasteiger charge is -1.90. The van der Waals surface area contributed by atoms with Gasteiger partial charge in [-0.05, 0) is 35.2 Å². The van der Waals surface area contributed by atoms with Crippen LogP contribution in [0.5, 0.6) is 0 Å². The molecule has 0 bridgehead atoms. The average molecular weight is 166 g/mol. The van der Waals surface area contributed by atoms with Gasteiger partial charge in [-0.15, -0.1) is 11.3 Å². The normalized spacial score (nSPS) is 10.7. The zero-order valence-corrected chi connectivity index (χ0v) is 6.91. The minimum absolute atomic E-state index is 0.154. The van der Waals surface area contributed by atoms with E-state index in [2.05, 4.69) is 0 Å². The number of fused-ring (bicyclic) bond motifs is 1. The van der Waals surface area contributed by atoms with E-state index in [1.54, 1.807) is 17.4 Å². The van der Waals surface area contributed by atoms with Crippen LogP contribution >= 0.6 is 11.3 Å². The summed E-state index contributed by atoms with van der Waals surface area (Å²) >= 11 is 1.66. The van der Waals surface area contributed by atoms with Crippen molar-refractivity contribution in [2.75, 3.05) is 0 Å². The topological polar surface area (TPSA) is 0 Å². The lowest BCUT2D eigenvalue weighted by Crippen LogP contribution is -1.71. The summed E-state index contributed by atoms with van der Waals surface area (Å²) in [5.74, 6) is -0.154. The Morgan fingerprint density at radius 1 is 1.36 bits per heavy atom. The second-order valence-electron chi connectivity index (χ2n) is 2.52. The molecular weight excluding hydrogens is 159 g/mol. The Balaban J connectivity index is 2.87. The molecule has 1 aromatic carbocycles. The van der Waals surface area contributed by atoms with Crippen LogP contribution in [0.3, 0.4) is 0 Å². The van der Waals surface area contributed by atoms with Crippen molar-refractivity contribution in [2.24, 2.45) is 0 Å². The number of benzene rings is 1. The molecule has 0 saturated heterocycles. The van der Waals surface area contributed by atoms with Crippen LogP contribution in [0.2, 0.25) is 0 Å². The van der Waals surface area contributed by atoms with Crippen LogP contribution in [0.25, 0.3) is 10.8 Å². The molecule has 0 N–H and O–H groups in total. The van der Waals surface area contributed by atoms with Crippen molar-refractivity contribution < 1.29 is 4.39 Å². The molecule has 0 nitrogen and oxygen atoms in total. The number of hydrogen-bond donors (Lipinski definition) is 0. The molecule has 56 valence electrons. The molecule has 0 aliphatic heterocycles. The lowest BCUT2D eigenvalue weighted by molar-refractivity contribution is 0.630. The third-order valence-electron chi connectivity index (χ3n) is 1.76. The van der Waals surface area contributed by atoms with Gasteiger partial charge in [0.15, 0.2) is 0 Å². The molecule has 11 heavy (non-hydrogen) atoms. The predicted molar refractivity (Wildman–Crippen MR) is 46.5 cm³/mol. The van der Waals surface area contributed by atoms with Gasteiger partial charge in [0.2, 0.25) is 0 Å². The summed E-state index contributed by atoms with van der Waals surface area (Å²) in [7, 11) is 0. The molecule has 0 spiro atoms. The summed E-state index contributed by atoms with van der Waals surface area (Å²) in [5.41, 5.74) is 0. The van der Waals surface area contributed by atoms with Crippen LogP contribution in [-0.4, -0.2) is 0 Å². The van der Waals surface area contributed by atoms with Crippen LogP contribution < -0.4 is 0 Å². The van der Waals surface area contributed by atoms with E-state index < -0.39 is 0 Å². The first-order valence-electron chi connectivity index (χ1n) is 3.41. The Bertz CT molecular complexity index is 389. The van der Waals surface area contributed by atoms with Crippen molar-refractivity contribution in [3.8, 4) is 0 Å². The fourth-order valence-electron chi connectivity index (χ4n) is 1.15. The van der Waals surface area contributed by atoms with Gasteiger partial charge in [0.1, 0.15) is 5.82 Å². The number of aryl methyl sites for hydroxylation is 1. The fraction of sp³-hybridized carbons (Fsp3) is 0.111. The Kier molecular flexibility index (Phi) is 1.43. The van der Waals surface area contributed by atoms with E-state index in [-0.39, 0.29) is 5.82 Å². The monoisotopic (exact) mass is 166 g/mol. The van der Waals surface area contributed by atoms with E-state index in [0.29, 0.717) is 0 Å². The summed E-state index contributed by atoms with van der Waals surface area (Å²) in [6.45, 7) is 2.01. The van der Waals surface area contributed by atoms with Crippen LogP contribution in [0.15, 0.2) is 23.6 Å². The summed E-state index contributed by atoms with van der Waals surface area (Å²) in [4.78, 5) is 1.18. The Morgan fingerprint density at radius 2 is 2.18 bits per heavy atom. The first kappa shape index (κ1) is 6.80. The first-order valence-corrected chi connectivity index (χ1v) is 4.29. The molecule has 0 aliphatic carbocycles. The maximum absolute atomic E-state index is 12.7. The predicted octanol–water partition coefficient (Wildman–Crippen LogP) is 3.35. The molecule has 0 aliphatic rings. The largest absolute Gasteiger partial charge is 0.207 e. The SMILES string of the molecule is Cc1scc2ccc(F)cc12. The minimum Gasteiger partial charge on any atom is -0.207 e. The van der Waals surface area contributed by atoms with Crippen molar-refractivity contribution in [2.45, 2.75) is 6.92 Å². The Morgan fingerprint density at radius 3 is 3.00 bits per heavy atom. The molecular formula is C9H7FS. The van der Waals surface area contributed by atoms with Crippen molar-refractivity contribution in [3.63, 3.8) is 0 Å². The molecule has 1 heterocycles. The van der Waals surface area contributed by atoms with Gasteiger partial charge in [0, 0.05) is 4.88 Å². The summed E-state index contributed by atoms with van der Waals surface area (Å²) < 4.78 is 12.7. The van der Waals surface area contributed by atoms with Gasteiger partial charge in [0.25, 0.3) is 0 Å². The Labute approximate surface area is 68.3 Å². The van der Waals surface area contributed by atoms with Crippen LogP contribution in [0.1, 0.15) is 4.88 Å². The number of halogens is 1. The summed E-state index contributed by atoms with van der Waals surface area (Å²) in [6, 6.07) is 4.89. The van der Waals surface area contributed by atoms with Crippen LogP contribution in [0.4, 0.5) is 4.39 Å². The maximum atomic E-state index is 12.7. The highest BCUT2D eigenvalue weighted by Gasteiger charge is 1.99. The van der Waals surface area contributed by atoms with Crippen molar-refractivity contribution in [1.29, 1.82) is 0 Å². The van der Waals surface area contributed by atoms with E-state index in [4.69, 9.17) is 0 Å². The minimum atomic E-state index is -0.154. The zero-order valence-electron chi connectivity index (χ0n) is 6.10. The molecule has 0 radical (unpaired) electrons. The van der Waals surface area contributed by atoms with E-state index in [1.165, 1.54) is 10.9 Å². The standard InChI is InChI=1S/C9H7FS/c1-6-9-4-8(10)3-2-7(9)5-11-6/h2-5H,1H3. The number of hydrogen-bond acceptors (Lipinski definition) is 1. The van der Waals surface area contributed by atoms with E-state index in [1.807, 2.05) is 18.4 Å². The molecule has 2 heteroatoms. The van der Waals surface area contributed by atoms with Gasteiger partial charge in [-0.1, -0.05) is 6.07 Å². The molecule has 2 aromatic rings. The van der Waals surface area contributed by atoms with Gasteiger partial charge in [0.05, 0.1) is 0 Å². The summed E-state index contributed by atoms with van der Waals surface area (Å²) in [6.07, 6.45) is 0. The third kappa shape index (κ3) is 1.03. The third-order valence-corrected chi connectivity index (χ3v) is 2.70. The molecule has 0 saturated carbocycles. The fourth-order valence-corrected chi connectivity index (χ4v) is 1.96. The van der Waals surface area contributed by atoms with E-state index >= 15 is 0 Å². The van der Waals surface area contributed by atoms with Crippen molar-refractivity contribution >= 4 is 22.1 Å². The maximum Gasteiger partial charge on any atom is 0.123 e. The lowest BCUT2D eigenvalue weighted by atomic mass is 10.2. The molecule has 1 aromatic heterocycles. The van der Waals surface area contributed by atoms with Crippen LogP contribution in [0, 0.1) is 12.7 Å². The van der Waals surface area contributed by atoms with Crippen molar-refractivity contribution in [3.05, 3.63) is 34.3 Å². The molecule has 0 unspecified atom stereocenters. The molecule has 0 atom stereocenters. The molecule has 0 amide bonds. The smallest absolute Gasteiger partial charge is 0.123 e. The average Bonchev–Trinajstić information content (AvgIpc) is 2.33. The van der Waals surface area contributed by atoms with E-state index in [0.717, 1.165) is 10.8 Å². The molecule has 0 fully saturated rings. The van der Waals surface area contributed by atoms with Crippen molar-refractivity contribution in [1.82, 2.24) is 0 Å².